The van der Waals surface area contributed by atoms with Gasteiger partial charge in [0.1, 0.15) is 11.6 Å². The topological polar surface area (TPSA) is 41.3 Å². The monoisotopic (exact) mass is 347 g/mol. The summed E-state index contributed by atoms with van der Waals surface area (Å²) in [4.78, 5) is 2.03. The molecular formula is C14H20BrF2N3. The average molecular weight is 348 g/mol. The van der Waals surface area contributed by atoms with E-state index in [0.717, 1.165) is 25.7 Å². The van der Waals surface area contributed by atoms with Gasteiger partial charge in [-0.05, 0) is 55.0 Å². The lowest BCUT2D eigenvalue weighted by molar-refractivity contribution is 0.101. The molecule has 1 aliphatic carbocycles. The number of nitrogens with zero attached hydrogens (tertiary/aromatic N) is 1. The van der Waals surface area contributed by atoms with Crippen molar-refractivity contribution in [3.05, 3.63) is 33.8 Å². The molecule has 112 valence electrons. The van der Waals surface area contributed by atoms with E-state index in [9.17, 15) is 8.78 Å². The minimum atomic E-state index is -0.586. The van der Waals surface area contributed by atoms with Crippen LogP contribution in [0.25, 0.3) is 0 Å². The van der Waals surface area contributed by atoms with Gasteiger partial charge in [0.25, 0.3) is 0 Å². The number of rotatable bonds is 4. The number of benzene rings is 1. The highest BCUT2D eigenvalue weighted by molar-refractivity contribution is 9.10. The quantitative estimate of drug-likeness (QED) is 0.499. The molecule has 0 aromatic heterocycles. The first-order valence-corrected chi connectivity index (χ1v) is 7.50. The molecule has 0 heterocycles. The summed E-state index contributed by atoms with van der Waals surface area (Å²) in [5.41, 5.74) is 2.30. The Kier molecular flexibility index (Phi) is 4.79. The Hall–Kier alpha value is -0.560. The van der Waals surface area contributed by atoms with E-state index in [0.29, 0.717) is 0 Å². The maximum Gasteiger partial charge on any atom is 0.145 e. The molecule has 1 aromatic carbocycles. The molecular weight excluding hydrogens is 328 g/mol. The maximum absolute atomic E-state index is 14.4. The summed E-state index contributed by atoms with van der Waals surface area (Å²) < 4.78 is 28.8. The van der Waals surface area contributed by atoms with E-state index >= 15 is 0 Å². The summed E-state index contributed by atoms with van der Waals surface area (Å²) in [6.45, 7) is 0. The normalized spacial score (nSPS) is 19.6. The molecule has 1 saturated carbocycles. The molecule has 6 heteroatoms. The molecule has 0 amide bonds. The second-order valence-electron chi connectivity index (χ2n) is 5.56. The summed E-state index contributed by atoms with van der Waals surface area (Å²) in [5.74, 6) is 4.52. The SMILES string of the molecule is CN(C)C1(C(NN)c2c(F)ccc(Br)c2F)CCCC1. The lowest BCUT2D eigenvalue weighted by Gasteiger charge is -2.43. The second-order valence-corrected chi connectivity index (χ2v) is 6.42. The van der Waals surface area contributed by atoms with Gasteiger partial charge in [-0.1, -0.05) is 12.8 Å². The van der Waals surface area contributed by atoms with E-state index in [4.69, 9.17) is 5.84 Å². The van der Waals surface area contributed by atoms with Gasteiger partial charge in [-0.15, -0.1) is 0 Å². The van der Waals surface area contributed by atoms with Crippen LogP contribution < -0.4 is 11.3 Å². The van der Waals surface area contributed by atoms with E-state index in [2.05, 4.69) is 21.4 Å². The fourth-order valence-electron chi connectivity index (χ4n) is 3.30. The molecule has 2 rings (SSSR count). The average Bonchev–Trinajstić information content (AvgIpc) is 2.89. The summed E-state index contributed by atoms with van der Waals surface area (Å²) in [7, 11) is 3.87. The highest BCUT2D eigenvalue weighted by Crippen LogP contribution is 2.44. The van der Waals surface area contributed by atoms with Gasteiger partial charge in [0, 0.05) is 11.1 Å². The molecule has 0 aliphatic heterocycles. The Morgan fingerprint density at radius 1 is 1.30 bits per heavy atom. The van der Waals surface area contributed by atoms with Gasteiger partial charge in [-0.3, -0.25) is 11.3 Å². The summed E-state index contributed by atoms with van der Waals surface area (Å²) >= 11 is 3.12. The third kappa shape index (κ3) is 2.50. The summed E-state index contributed by atoms with van der Waals surface area (Å²) in [6, 6.07) is 2.06. The van der Waals surface area contributed by atoms with Crippen molar-refractivity contribution >= 4 is 15.9 Å². The van der Waals surface area contributed by atoms with Crippen LogP contribution >= 0.6 is 15.9 Å². The zero-order chi connectivity index (χ0) is 14.9. The zero-order valence-electron chi connectivity index (χ0n) is 11.7. The first-order valence-electron chi connectivity index (χ1n) is 6.71. The van der Waals surface area contributed by atoms with Crippen LogP contribution in [0, 0.1) is 11.6 Å². The Bertz CT molecular complexity index is 488. The van der Waals surface area contributed by atoms with Crippen molar-refractivity contribution in [1.29, 1.82) is 0 Å². The van der Waals surface area contributed by atoms with Crippen molar-refractivity contribution in [3.63, 3.8) is 0 Å². The van der Waals surface area contributed by atoms with Crippen molar-refractivity contribution < 1.29 is 8.78 Å². The molecule has 3 nitrogen and oxygen atoms in total. The zero-order valence-corrected chi connectivity index (χ0v) is 13.3. The molecule has 1 aromatic rings. The third-order valence-corrected chi connectivity index (χ3v) is 5.04. The molecule has 0 saturated heterocycles. The van der Waals surface area contributed by atoms with E-state index in [-0.39, 0.29) is 15.6 Å². The predicted molar refractivity (Wildman–Crippen MR) is 79.0 cm³/mol. The predicted octanol–water partition coefficient (Wildman–Crippen LogP) is 3.11. The smallest absolute Gasteiger partial charge is 0.145 e. The Balaban J connectivity index is 2.55. The van der Waals surface area contributed by atoms with E-state index in [1.54, 1.807) is 0 Å². The molecule has 0 bridgehead atoms. The van der Waals surface area contributed by atoms with Crippen LogP contribution in [-0.2, 0) is 0 Å². The summed E-state index contributed by atoms with van der Waals surface area (Å²) in [5, 5.41) is 0. The maximum atomic E-state index is 14.4. The molecule has 1 fully saturated rings. The molecule has 1 atom stereocenters. The summed E-state index contributed by atoms with van der Waals surface area (Å²) in [6.07, 6.45) is 3.79. The standard InChI is InChI=1S/C14H20BrF2N3/c1-20(2)14(7-3-4-8-14)13(19-18)11-10(16)6-5-9(15)12(11)17/h5-6,13,19H,3-4,7-8,18H2,1-2H3. The minimum Gasteiger partial charge on any atom is -0.302 e. The van der Waals surface area contributed by atoms with Gasteiger partial charge < -0.3 is 4.90 Å². The van der Waals surface area contributed by atoms with Crippen molar-refractivity contribution in [2.45, 2.75) is 37.3 Å². The Labute approximate surface area is 126 Å². The number of hydrogen-bond acceptors (Lipinski definition) is 3. The Morgan fingerprint density at radius 2 is 1.90 bits per heavy atom. The van der Waals surface area contributed by atoms with Crippen molar-refractivity contribution in [2.75, 3.05) is 14.1 Å². The van der Waals surface area contributed by atoms with Crippen LogP contribution in [0.1, 0.15) is 37.3 Å². The minimum absolute atomic E-state index is 0.0116. The molecule has 0 spiro atoms. The van der Waals surface area contributed by atoms with Gasteiger partial charge >= 0.3 is 0 Å². The first kappa shape index (κ1) is 15.8. The fraction of sp³-hybridized carbons (Fsp3) is 0.571. The number of nitrogens with two attached hydrogens (primary N) is 1. The van der Waals surface area contributed by atoms with Crippen LogP contribution in [0.4, 0.5) is 8.78 Å². The third-order valence-electron chi connectivity index (χ3n) is 4.43. The number of nitrogens with one attached hydrogen (secondary N) is 1. The largest absolute Gasteiger partial charge is 0.302 e. The fourth-order valence-corrected chi connectivity index (χ4v) is 3.64. The van der Waals surface area contributed by atoms with Gasteiger partial charge in [0.2, 0.25) is 0 Å². The van der Waals surface area contributed by atoms with Gasteiger partial charge in [-0.25, -0.2) is 8.78 Å². The van der Waals surface area contributed by atoms with Gasteiger partial charge in [0.05, 0.1) is 10.5 Å². The second kappa shape index (κ2) is 6.05. The van der Waals surface area contributed by atoms with Crippen LogP contribution in [0.15, 0.2) is 16.6 Å². The lowest BCUT2D eigenvalue weighted by atomic mass is 9.82. The highest BCUT2D eigenvalue weighted by Gasteiger charge is 2.45. The molecule has 1 unspecified atom stereocenters. The molecule has 20 heavy (non-hydrogen) atoms. The Morgan fingerprint density at radius 3 is 2.40 bits per heavy atom. The van der Waals surface area contributed by atoms with Crippen molar-refractivity contribution in [1.82, 2.24) is 10.3 Å². The van der Waals surface area contributed by atoms with Crippen LogP contribution in [0.5, 0.6) is 0 Å². The van der Waals surface area contributed by atoms with Crippen LogP contribution in [0.2, 0.25) is 0 Å². The van der Waals surface area contributed by atoms with Gasteiger partial charge in [-0.2, -0.15) is 0 Å². The van der Waals surface area contributed by atoms with Crippen molar-refractivity contribution in [2.24, 2.45) is 5.84 Å². The lowest BCUT2D eigenvalue weighted by Crippen LogP contribution is -2.54. The van der Waals surface area contributed by atoms with E-state index < -0.39 is 17.7 Å². The van der Waals surface area contributed by atoms with E-state index in [1.807, 2.05) is 19.0 Å². The number of likely N-dealkylation sites (N-methyl/N-ethyl adjacent to an activating group) is 1. The van der Waals surface area contributed by atoms with E-state index in [1.165, 1.54) is 12.1 Å². The number of halogens is 3. The number of hydrogen-bond donors (Lipinski definition) is 2. The number of hydrazine groups is 1. The molecule has 3 N–H and O–H groups in total. The first-order chi connectivity index (χ1) is 9.44. The van der Waals surface area contributed by atoms with Crippen LogP contribution in [-0.4, -0.2) is 24.5 Å². The van der Waals surface area contributed by atoms with Crippen molar-refractivity contribution in [3.8, 4) is 0 Å². The van der Waals surface area contributed by atoms with Gasteiger partial charge in [0.15, 0.2) is 0 Å². The van der Waals surface area contributed by atoms with Crippen LogP contribution in [0.3, 0.4) is 0 Å². The molecule has 1 aliphatic rings. The molecule has 0 radical (unpaired) electrons. The highest BCUT2D eigenvalue weighted by atomic mass is 79.9.